The summed E-state index contributed by atoms with van der Waals surface area (Å²) >= 11 is 0. The third-order valence-corrected chi connectivity index (χ3v) is 6.85. The Balaban J connectivity index is 1.23. The quantitative estimate of drug-likeness (QED) is 0.720. The van der Waals surface area contributed by atoms with Crippen LogP contribution in [0.1, 0.15) is 52.7 Å². The number of carbonyl (C=O) groups excluding carboxylic acids is 1. The van der Waals surface area contributed by atoms with Gasteiger partial charge in [0.1, 0.15) is 5.75 Å². The first kappa shape index (κ1) is 19.9. The first-order valence-electron chi connectivity index (χ1n) is 10.4. The normalized spacial score (nSPS) is 27.2. The fraction of sp³-hybridized carbons (Fsp3) is 0.435. The highest BCUT2D eigenvalue weighted by atomic mass is 19.4. The van der Waals surface area contributed by atoms with Gasteiger partial charge in [-0.15, -0.1) is 0 Å². The highest BCUT2D eigenvalue weighted by Gasteiger charge is 2.46. The molecule has 1 amide bonds. The van der Waals surface area contributed by atoms with Crippen LogP contribution in [0, 0.1) is 23.2 Å². The number of alkyl halides is 3. The molecule has 160 valence electrons. The van der Waals surface area contributed by atoms with Crippen LogP contribution in [0.5, 0.6) is 5.75 Å². The minimum atomic E-state index is -4.60. The molecule has 2 saturated carbocycles. The molecule has 8 heteroatoms. The zero-order valence-corrected chi connectivity index (χ0v) is 16.6. The van der Waals surface area contributed by atoms with Gasteiger partial charge >= 0.3 is 6.18 Å². The fourth-order valence-electron chi connectivity index (χ4n) is 5.46. The monoisotopic (exact) mass is 427 g/mol. The van der Waals surface area contributed by atoms with E-state index in [4.69, 9.17) is 10.00 Å². The maximum Gasteiger partial charge on any atom is 0.417 e. The Morgan fingerprint density at radius 3 is 2.52 bits per heavy atom. The summed E-state index contributed by atoms with van der Waals surface area (Å²) in [5, 5.41) is 8.93. The molecule has 0 radical (unpaired) electrons. The summed E-state index contributed by atoms with van der Waals surface area (Å²) in [7, 11) is 0. The van der Waals surface area contributed by atoms with Gasteiger partial charge in [-0.25, -0.2) is 0 Å². The maximum atomic E-state index is 13.2. The zero-order valence-electron chi connectivity index (χ0n) is 16.6. The Labute approximate surface area is 177 Å². The lowest BCUT2D eigenvalue weighted by atomic mass is 10.0. The van der Waals surface area contributed by atoms with Crippen LogP contribution in [0.15, 0.2) is 36.7 Å². The molecule has 1 aliphatic heterocycles. The van der Waals surface area contributed by atoms with Crippen molar-refractivity contribution in [3.8, 4) is 11.8 Å². The van der Waals surface area contributed by atoms with Crippen molar-refractivity contribution in [2.24, 2.45) is 11.8 Å². The van der Waals surface area contributed by atoms with E-state index < -0.39 is 17.3 Å². The highest BCUT2D eigenvalue weighted by Crippen LogP contribution is 2.48. The zero-order chi connectivity index (χ0) is 21.8. The van der Waals surface area contributed by atoms with Crippen molar-refractivity contribution in [1.82, 2.24) is 9.88 Å². The SMILES string of the molecule is N#Cc1ccc(OC2CC3CC(N4Cc5ccncc5C4=O)CC3C2)cc1C(F)(F)F. The average Bonchev–Trinajstić information content (AvgIpc) is 3.39. The molecule has 0 bridgehead atoms. The second kappa shape index (κ2) is 7.26. The van der Waals surface area contributed by atoms with Gasteiger partial charge in [0, 0.05) is 25.0 Å². The van der Waals surface area contributed by atoms with Crippen molar-refractivity contribution in [2.75, 3.05) is 0 Å². The van der Waals surface area contributed by atoms with Crippen LogP contribution in [-0.2, 0) is 12.7 Å². The van der Waals surface area contributed by atoms with Crippen LogP contribution < -0.4 is 4.74 Å². The molecule has 2 unspecified atom stereocenters. The molecule has 5 rings (SSSR count). The van der Waals surface area contributed by atoms with Gasteiger partial charge in [0.05, 0.1) is 28.9 Å². The number of rotatable bonds is 3. The van der Waals surface area contributed by atoms with E-state index >= 15 is 0 Å². The standard InChI is InChI=1S/C23H20F3N3O2/c24-23(25,26)21-9-18(2-1-13(21)10-27)31-19-7-15-5-17(6-16(15)8-19)29-12-14-3-4-28-11-20(14)22(29)30/h1-4,9,11,15-17,19H,5-8,12H2. The molecule has 31 heavy (non-hydrogen) atoms. The van der Waals surface area contributed by atoms with E-state index in [1.165, 1.54) is 6.07 Å². The largest absolute Gasteiger partial charge is 0.490 e. The van der Waals surface area contributed by atoms with Gasteiger partial charge in [0.2, 0.25) is 0 Å². The van der Waals surface area contributed by atoms with E-state index in [0.717, 1.165) is 43.4 Å². The minimum Gasteiger partial charge on any atom is -0.490 e. The molecule has 2 heterocycles. The average molecular weight is 427 g/mol. The molecule has 2 aliphatic carbocycles. The van der Waals surface area contributed by atoms with Gasteiger partial charge in [0.25, 0.3) is 5.91 Å². The number of hydrogen-bond acceptors (Lipinski definition) is 4. The van der Waals surface area contributed by atoms with Crippen molar-refractivity contribution in [3.05, 3.63) is 58.9 Å². The summed E-state index contributed by atoms with van der Waals surface area (Å²) in [5.74, 6) is 0.971. The molecular formula is C23H20F3N3O2. The fourth-order valence-corrected chi connectivity index (χ4v) is 5.46. The molecule has 1 aromatic carbocycles. The highest BCUT2D eigenvalue weighted by molar-refractivity contribution is 5.98. The Kier molecular flexibility index (Phi) is 4.65. The third kappa shape index (κ3) is 3.52. The Morgan fingerprint density at radius 2 is 1.87 bits per heavy atom. The lowest BCUT2D eigenvalue weighted by molar-refractivity contribution is -0.137. The summed E-state index contributed by atoms with van der Waals surface area (Å²) in [4.78, 5) is 18.7. The number of nitriles is 1. The van der Waals surface area contributed by atoms with Crippen LogP contribution in [0.3, 0.4) is 0 Å². The summed E-state index contributed by atoms with van der Waals surface area (Å²) in [6.45, 7) is 0.617. The van der Waals surface area contributed by atoms with Crippen LogP contribution in [-0.4, -0.2) is 27.9 Å². The van der Waals surface area contributed by atoms with Crippen molar-refractivity contribution >= 4 is 5.91 Å². The molecule has 2 atom stereocenters. The van der Waals surface area contributed by atoms with Crippen LogP contribution in [0.4, 0.5) is 13.2 Å². The maximum absolute atomic E-state index is 13.2. The number of hydrogen-bond donors (Lipinski definition) is 0. The number of fused-ring (bicyclic) bond motifs is 2. The molecule has 0 spiro atoms. The Morgan fingerprint density at radius 1 is 1.13 bits per heavy atom. The third-order valence-electron chi connectivity index (χ3n) is 6.85. The molecule has 0 N–H and O–H groups in total. The second-order valence-electron chi connectivity index (χ2n) is 8.64. The number of carbonyl (C=O) groups is 1. The number of ether oxygens (including phenoxy) is 1. The molecule has 1 aromatic heterocycles. The van der Waals surface area contributed by atoms with E-state index in [1.54, 1.807) is 18.5 Å². The van der Waals surface area contributed by atoms with Crippen molar-refractivity contribution in [2.45, 2.75) is 50.6 Å². The topological polar surface area (TPSA) is 66.2 Å². The van der Waals surface area contributed by atoms with Crippen LogP contribution >= 0.6 is 0 Å². The molecule has 5 nitrogen and oxygen atoms in total. The summed E-state index contributed by atoms with van der Waals surface area (Å²) < 4.78 is 45.5. The lowest BCUT2D eigenvalue weighted by Crippen LogP contribution is -2.34. The van der Waals surface area contributed by atoms with Crippen molar-refractivity contribution in [3.63, 3.8) is 0 Å². The van der Waals surface area contributed by atoms with Gasteiger partial charge < -0.3 is 9.64 Å². The second-order valence-corrected chi connectivity index (χ2v) is 8.64. The smallest absolute Gasteiger partial charge is 0.417 e. The number of pyridine rings is 1. The van der Waals surface area contributed by atoms with Gasteiger partial charge in [0.15, 0.2) is 0 Å². The van der Waals surface area contributed by atoms with Gasteiger partial charge in [-0.3, -0.25) is 9.78 Å². The lowest BCUT2D eigenvalue weighted by Gasteiger charge is -2.25. The first-order chi connectivity index (χ1) is 14.8. The van der Waals surface area contributed by atoms with Gasteiger partial charge in [-0.05, 0) is 67.3 Å². The molecule has 3 aliphatic rings. The number of benzene rings is 1. The summed E-state index contributed by atoms with van der Waals surface area (Å²) in [5.41, 5.74) is 0.325. The molecule has 2 fully saturated rings. The van der Waals surface area contributed by atoms with Crippen molar-refractivity contribution in [1.29, 1.82) is 5.26 Å². The minimum absolute atomic E-state index is 0.0399. The van der Waals surface area contributed by atoms with Gasteiger partial charge in [-0.2, -0.15) is 18.4 Å². The number of aromatic nitrogens is 1. The first-order valence-corrected chi connectivity index (χ1v) is 10.4. The molecular weight excluding hydrogens is 407 g/mol. The molecule has 2 aromatic rings. The Hall–Kier alpha value is -3.08. The van der Waals surface area contributed by atoms with E-state index in [0.29, 0.717) is 23.9 Å². The number of amides is 1. The Bertz CT molecular complexity index is 1060. The summed E-state index contributed by atoms with van der Waals surface area (Å²) in [6.07, 6.45) is 1.88. The molecule has 0 saturated heterocycles. The summed E-state index contributed by atoms with van der Waals surface area (Å²) in [6, 6.07) is 7.17. The number of halogens is 3. The number of nitrogens with zero attached hydrogens (tertiary/aromatic N) is 3. The van der Waals surface area contributed by atoms with Crippen LogP contribution in [0.2, 0.25) is 0 Å². The predicted octanol–water partition coefficient (Wildman–Crippen LogP) is 4.56. The predicted molar refractivity (Wildman–Crippen MR) is 104 cm³/mol. The van der Waals surface area contributed by atoms with Crippen molar-refractivity contribution < 1.29 is 22.7 Å². The van der Waals surface area contributed by atoms with E-state index in [9.17, 15) is 18.0 Å². The van der Waals surface area contributed by atoms with Gasteiger partial charge in [-0.1, -0.05) is 0 Å². The van der Waals surface area contributed by atoms with E-state index in [-0.39, 0.29) is 23.8 Å². The van der Waals surface area contributed by atoms with Crippen LogP contribution in [0.25, 0.3) is 0 Å². The van der Waals surface area contributed by atoms with E-state index in [1.807, 2.05) is 11.0 Å². The van der Waals surface area contributed by atoms with E-state index in [2.05, 4.69) is 4.98 Å².